The van der Waals surface area contributed by atoms with Crippen molar-refractivity contribution in [1.82, 2.24) is 15.3 Å². The zero-order valence-corrected chi connectivity index (χ0v) is 13.3. The Bertz CT molecular complexity index is 606. The second-order valence-corrected chi connectivity index (χ2v) is 5.46. The molecule has 0 spiro atoms. The minimum Gasteiger partial charge on any atom is -0.378 e. The van der Waals surface area contributed by atoms with E-state index in [-0.39, 0.29) is 5.91 Å². The largest absolute Gasteiger partial charge is 0.378 e. The van der Waals surface area contributed by atoms with Gasteiger partial charge in [-0.3, -0.25) is 9.78 Å². The molecule has 0 saturated carbocycles. The molecule has 0 fully saturated rings. The maximum atomic E-state index is 11.9. The van der Waals surface area contributed by atoms with Gasteiger partial charge in [-0.1, -0.05) is 12.1 Å². The molecular weight excluding hydrogens is 276 g/mol. The molecule has 0 aliphatic rings. The summed E-state index contributed by atoms with van der Waals surface area (Å²) in [5.74, 6) is -0.171. The summed E-state index contributed by atoms with van der Waals surface area (Å²) in [7, 11) is 4.05. The molecule has 0 unspecified atom stereocenters. The quantitative estimate of drug-likeness (QED) is 0.831. The number of rotatable bonds is 6. The number of carbonyl (C=O) groups is 1. The summed E-state index contributed by atoms with van der Waals surface area (Å²) < 4.78 is 0. The molecule has 0 aliphatic heterocycles. The molecule has 0 bridgehead atoms. The summed E-state index contributed by atoms with van der Waals surface area (Å²) in [6.07, 6.45) is 4.94. The van der Waals surface area contributed by atoms with Crippen LogP contribution in [0.25, 0.3) is 0 Å². The lowest BCUT2D eigenvalue weighted by Crippen LogP contribution is -2.25. The fourth-order valence-electron chi connectivity index (χ4n) is 2.06. The van der Waals surface area contributed by atoms with Crippen molar-refractivity contribution in [2.45, 2.75) is 19.8 Å². The van der Waals surface area contributed by atoms with Gasteiger partial charge in [0.15, 0.2) is 0 Å². The first-order valence-corrected chi connectivity index (χ1v) is 7.39. The van der Waals surface area contributed by atoms with Gasteiger partial charge in [-0.05, 0) is 37.5 Å². The van der Waals surface area contributed by atoms with Crippen LogP contribution in [0.1, 0.15) is 28.2 Å². The molecule has 1 N–H and O–H groups in total. The van der Waals surface area contributed by atoms with E-state index in [1.54, 1.807) is 6.20 Å². The Morgan fingerprint density at radius 3 is 2.45 bits per heavy atom. The molecule has 0 atom stereocenters. The number of carbonyl (C=O) groups excluding carboxylic acids is 1. The van der Waals surface area contributed by atoms with Gasteiger partial charge in [0.1, 0.15) is 5.69 Å². The first kappa shape index (κ1) is 15.9. The average molecular weight is 298 g/mol. The highest BCUT2D eigenvalue weighted by Gasteiger charge is 2.06. The lowest BCUT2D eigenvalue weighted by Gasteiger charge is -2.12. The molecule has 0 aliphatic carbocycles. The number of benzene rings is 1. The van der Waals surface area contributed by atoms with E-state index in [4.69, 9.17) is 0 Å². The van der Waals surface area contributed by atoms with Crippen molar-refractivity contribution in [3.8, 4) is 0 Å². The van der Waals surface area contributed by atoms with Gasteiger partial charge in [-0.25, -0.2) is 4.98 Å². The first-order valence-electron chi connectivity index (χ1n) is 7.39. The van der Waals surface area contributed by atoms with Crippen LogP contribution in [0.3, 0.4) is 0 Å². The standard InChI is InChI=1S/C17H22N4O/c1-13-11-20-16(12-19-13)17(22)18-10-4-5-14-6-8-15(9-7-14)21(2)3/h6-9,11-12H,4-5,10H2,1-3H3,(H,18,22). The Kier molecular flexibility index (Phi) is 5.47. The number of hydrogen-bond acceptors (Lipinski definition) is 4. The maximum absolute atomic E-state index is 11.9. The van der Waals surface area contributed by atoms with E-state index in [9.17, 15) is 4.79 Å². The van der Waals surface area contributed by atoms with Gasteiger partial charge < -0.3 is 10.2 Å². The van der Waals surface area contributed by atoms with E-state index in [0.29, 0.717) is 12.2 Å². The Labute approximate surface area is 131 Å². The number of amides is 1. The molecule has 1 amide bonds. The minimum absolute atomic E-state index is 0.171. The number of hydrogen-bond donors (Lipinski definition) is 1. The maximum Gasteiger partial charge on any atom is 0.271 e. The summed E-state index contributed by atoms with van der Waals surface area (Å²) in [6.45, 7) is 2.47. The van der Waals surface area contributed by atoms with E-state index in [1.165, 1.54) is 17.4 Å². The lowest BCUT2D eigenvalue weighted by molar-refractivity contribution is 0.0948. The molecule has 116 valence electrons. The molecule has 2 rings (SSSR count). The Morgan fingerprint density at radius 1 is 1.14 bits per heavy atom. The fraction of sp³-hybridized carbons (Fsp3) is 0.353. The SMILES string of the molecule is Cc1cnc(C(=O)NCCCc2ccc(N(C)C)cc2)cn1. The second kappa shape index (κ2) is 7.54. The summed E-state index contributed by atoms with van der Waals surface area (Å²) in [6, 6.07) is 8.47. The monoisotopic (exact) mass is 298 g/mol. The molecule has 2 aromatic rings. The molecule has 1 aromatic carbocycles. The average Bonchev–Trinajstić information content (AvgIpc) is 2.52. The molecule has 5 nitrogen and oxygen atoms in total. The van der Waals surface area contributed by atoms with Gasteiger partial charge >= 0.3 is 0 Å². The summed E-state index contributed by atoms with van der Waals surface area (Å²) >= 11 is 0. The van der Waals surface area contributed by atoms with Crippen molar-refractivity contribution in [2.24, 2.45) is 0 Å². The van der Waals surface area contributed by atoms with Gasteiger partial charge in [0, 0.05) is 32.5 Å². The first-order chi connectivity index (χ1) is 10.6. The van der Waals surface area contributed by atoms with E-state index in [0.717, 1.165) is 18.5 Å². The smallest absolute Gasteiger partial charge is 0.271 e. The van der Waals surface area contributed by atoms with Gasteiger partial charge in [-0.15, -0.1) is 0 Å². The van der Waals surface area contributed by atoms with Crippen molar-refractivity contribution >= 4 is 11.6 Å². The van der Waals surface area contributed by atoms with Crippen LogP contribution in [-0.4, -0.2) is 36.5 Å². The molecule has 1 heterocycles. The van der Waals surface area contributed by atoms with Crippen LogP contribution in [0.2, 0.25) is 0 Å². The predicted octanol–water partition coefficient (Wildman–Crippen LogP) is 2.21. The normalized spacial score (nSPS) is 10.3. The van der Waals surface area contributed by atoms with Crippen molar-refractivity contribution in [2.75, 3.05) is 25.5 Å². The summed E-state index contributed by atoms with van der Waals surface area (Å²) in [5.41, 5.74) is 3.63. The number of aryl methyl sites for hydroxylation is 2. The number of nitrogens with one attached hydrogen (secondary N) is 1. The number of nitrogens with zero attached hydrogens (tertiary/aromatic N) is 3. The van der Waals surface area contributed by atoms with Crippen LogP contribution >= 0.6 is 0 Å². The summed E-state index contributed by atoms with van der Waals surface area (Å²) in [4.78, 5) is 22.1. The van der Waals surface area contributed by atoms with Crippen molar-refractivity contribution in [3.63, 3.8) is 0 Å². The zero-order valence-electron chi connectivity index (χ0n) is 13.3. The minimum atomic E-state index is -0.171. The highest BCUT2D eigenvalue weighted by atomic mass is 16.1. The number of aromatic nitrogens is 2. The van der Waals surface area contributed by atoms with Crippen LogP contribution in [0.4, 0.5) is 5.69 Å². The molecule has 0 radical (unpaired) electrons. The molecular formula is C17H22N4O. The van der Waals surface area contributed by atoms with Gasteiger partial charge in [0.2, 0.25) is 0 Å². The lowest BCUT2D eigenvalue weighted by atomic mass is 10.1. The van der Waals surface area contributed by atoms with Crippen LogP contribution < -0.4 is 10.2 Å². The van der Waals surface area contributed by atoms with E-state index < -0.39 is 0 Å². The highest BCUT2D eigenvalue weighted by molar-refractivity contribution is 5.91. The van der Waals surface area contributed by atoms with Crippen LogP contribution in [0, 0.1) is 6.92 Å². The molecule has 0 saturated heterocycles. The van der Waals surface area contributed by atoms with Gasteiger partial charge in [0.05, 0.1) is 11.9 Å². The van der Waals surface area contributed by atoms with Gasteiger partial charge in [-0.2, -0.15) is 0 Å². The third-order valence-corrected chi connectivity index (χ3v) is 3.39. The highest BCUT2D eigenvalue weighted by Crippen LogP contribution is 2.13. The van der Waals surface area contributed by atoms with Crippen LogP contribution in [0.15, 0.2) is 36.7 Å². The Balaban J connectivity index is 1.74. The fourth-order valence-corrected chi connectivity index (χ4v) is 2.06. The third kappa shape index (κ3) is 4.55. The van der Waals surface area contributed by atoms with Crippen LogP contribution in [-0.2, 0) is 6.42 Å². The predicted molar refractivity (Wildman–Crippen MR) is 88.2 cm³/mol. The second-order valence-electron chi connectivity index (χ2n) is 5.46. The van der Waals surface area contributed by atoms with Crippen molar-refractivity contribution in [3.05, 3.63) is 53.6 Å². The molecule has 1 aromatic heterocycles. The number of anilines is 1. The Morgan fingerprint density at radius 2 is 1.86 bits per heavy atom. The van der Waals surface area contributed by atoms with Crippen molar-refractivity contribution in [1.29, 1.82) is 0 Å². The van der Waals surface area contributed by atoms with Crippen molar-refractivity contribution < 1.29 is 4.79 Å². The topological polar surface area (TPSA) is 58.1 Å². The summed E-state index contributed by atoms with van der Waals surface area (Å²) in [5, 5.41) is 2.87. The van der Waals surface area contributed by atoms with Crippen LogP contribution in [0.5, 0.6) is 0 Å². The third-order valence-electron chi connectivity index (χ3n) is 3.39. The molecule has 22 heavy (non-hydrogen) atoms. The molecule has 5 heteroatoms. The van der Waals surface area contributed by atoms with E-state index >= 15 is 0 Å². The van der Waals surface area contributed by atoms with Gasteiger partial charge in [0.25, 0.3) is 5.91 Å². The van der Waals surface area contributed by atoms with E-state index in [1.807, 2.05) is 21.0 Å². The zero-order chi connectivity index (χ0) is 15.9. The van der Waals surface area contributed by atoms with E-state index in [2.05, 4.69) is 44.5 Å². The Hall–Kier alpha value is -2.43.